The van der Waals surface area contributed by atoms with Gasteiger partial charge in [-0.15, -0.1) is 0 Å². The van der Waals surface area contributed by atoms with E-state index in [2.05, 4.69) is 17.1 Å². The molecule has 0 aliphatic heterocycles. The van der Waals surface area contributed by atoms with Gasteiger partial charge in [-0.25, -0.2) is 4.79 Å². The lowest BCUT2D eigenvalue weighted by Gasteiger charge is -2.05. The Kier molecular flexibility index (Phi) is 4.93. The van der Waals surface area contributed by atoms with Gasteiger partial charge in [0, 0.05) is 11.1 Å². The molecule has 0 atom stereocenters. The highest BCUT2D eigenvalue weighted by atomic mass is 16.5. The van der Waals surface area contributed by atoms with E-state index in [4.69, 9.17) is 4.74 Å². The van der Waals surface area contributed by atoms with Crippen LogP contribution in [0.4, 0.5) is 0 Å². The number of rotatable bonds is 6. The number of ether oxygens (including phenoxy) is 1. The maximum absolute atomic E-state index is 12.0. The predicted octanol–water partition coefficient (Wildman–Crippen LogP) is 3.60. The van der Waals surface area contributed by atoms with Crippen LogP contribution in [0.25, 0.3) is 11.3 Å². The second-order valence-corrected chi connectivity index (χ2v) is 4.62. The summed E-state index contributed by atoms with van der Waals surface area (Å²) >= 11 is 0. The normalized spacial score (nSPS) is 10.5. The molecule has 1 aromatic heterocycles. The summed E-state index contributed by atoms with van der Waals surface area (Å²) < 4.78 is 5.09. The van der Waals surface area contributed by atoms with Crippen LogP contribution in [0.1, 0.15) is 42.7 Å². The summed E-state index contributed by atoms with van der Waals surface area (Å²) in [7, 11) is 0. The van der Waals surface area contributed by atoms with Gasteiger partial charge in [0.05, 0.1) is 12.3 Å². The Morgan fingerprint density at radius 2 is 2.00 bits per heavy atom. The second-order valence-electron chi connectivity index (χ2n) is 4.62. The van der Waals surface area contributed by atoms with Crippen LogP contribution in [0.2, 0.25) is 0 Å². The average Bonchev–Trinajstić information content (AvgIpc) is 2.90. The summed E-state index contributed by atoms with van der Waals surface area (Å²) in [5, 5.41) is 7.16. The summed E-state index contributed by atoms with van der Waals surface area (Å²) in [5.41, 5.74) is 3.31. The minimum absolute atomic E-state index is 0.326. The number of benzene rings is 1. The van der Waals surface area contributed by atoms with Gasteiger partial charge in [-0.05, 0) is 19.8 Å². The summed E-state index contributed by atoms with van der Waals surface area (Å²) in [4.78, 5) is 12.0. The fourth-order valence-corrected chi connectivity index (χ4v) is 2.17. The number of nitrogens with zero attached hydrogens (tertiary/aromatic N) is 1. The van der Waals surface area contributed by atoms with Gasteiger partial charge >= 0.3 is 5.97 Å². The Morgan fingerprint density at radius 3 is 2.65 bits per heavy atom. The molecule has 4 nitrogen and oxygen atoms in total. The van der Waals surface area contributed by atoms with Crippen molar-refractivity contribution in [3.05, 3.63) is 41.6 Å². The third-order valence-electron chi connectivity index (χ3n) is 3.17. The van der Waals surface area contributed by atoms with Gasteiger partial charge in [0.15, 0.2) is 0 Å². The Hall–Kier alpha value is -2.10. The molecule has 0 bridgehead atoms. The number of hydrogen-bond acceptors (Lipinski definition) is 3. The Bertz CT molecular complexity index is 561. The average molecular weight is 272 g/mol. The fraction of sp³-hybridized carbons (Fsp3) is 0.375. The monoisotopic (exact) mass is 272 g/mol. The molecule has 1 aromatic carbocycles. The summed E-state index contributed by atoms with van der Waals surface area (Å²) in [6.45, 7) is 4.30. The van der Waals surface area contributed by atoms with Crippen LogP contribution < -0.4 is 0 Å². The van der Waals surface area contributed by atoms with E-state index in [1.165, 1.54) is 0 Å². The van der Waals surface area contributed by atoms with Crippen LogP contribution in [-0.2, 0) is 11.2 Å². The Balaban J connectivity index is 2.39. The van der Waals surface area contributed by atoms with Crippen molar-refractivity contribution in [2.75, 3.05) is 6.61 Å². The van der Waals surface area contributed by atoms with Crippen molar-refractivity contribution in [2.24, 2.45) is 0 Å². The SMILES string of the molecule is CCCCc1c(-c2ccccc2)n[nH]c1C(=O)OCC. The highest BCUT2D eigenvalue weighted by Gasteiger charge is 2.20. The molecule has 2 aromatic rings. The van der Waals surface area contributed by atoms with Crippen LogP contribution in [0.15, 0.2) is 30.3 Å². The number of aromatic nitrogens is 2. The third kappa shape index (κ3) is 3.07. The van der Waals surface area contributed by atoms with E-state index in [0.717, 1.165) is 36.1 Å². The number of aromatic amines is 1. The van der Waals surface area contributed by atoms with Crippen molar-refractivity contribution in [2.45, 2.75) is 33.1 Å². The van der Waals surface area contributed by atoms with Crippen LogP contribution in [0.3, 0.4) is 0 Å². The standard InChI is InChI=1S/C16H20N2O2/c1-3-5-11-13-14(12-9-7-6-8-10-12)17-18-15(13)16(19)20-4-2/h6-10H,3-5,11H2,1-2H3,(H,17,18). The number of unbranched alkanes of at least 4 members (excludes halogenated alkanes) is 1. The zero-order valence-corrected chi connectivity index (χ0v) is 12.0. The van der Waals surface area contributed by atoms with Crippen LogP contribution in [0.5, 0.6) is 0 Å². The maximum Gasteiger partial charge on any atom is 0.356 e. The van der Waals surface area contributed by atoms with Crippen LogP contribution >= 0.6 is 0 Å². The topological polar surface area (TPSA) is 55.0 Å². The van der Waals surface area contributed by atoms with Crippen LogP contribution in [-0.4, -0.2) is 22.8 Å². The summed E-state index contributed by atoms with van der Waals surface area (Å²) in [6, 6.07) is 9.91. The van der Waals surface area contributed by atoms with Gasteiger partial charge < -0.3 is 4.74 Å². The second kappa shape index (κ2) is 6.89. The number of hydrogen-bond donors (Lipinski definition) is 1. The fourth-order valence-electron chi connectivity index (χ4n) is 2.17. The smallest absolute Gasteiger partial charge is 0.356 e. The van der Waals surface area contributed by atoms with E-state index < -0.39 is 0 Å². The molecule has 20 heavy (non-hydrogen) atoms. The lowest BCUT2D eigenvalue weighted by Crippen LogP contribution is -2.08. The lowest BCUT2D eigenvalue weighted by molar-refractivity contribution is 0.0518. The molecular formula is C16H20N2O2. The molecule has 106 valence electrons. The van der Waals surface area contributed by atoms with Crippen molar-refractivity contribution in [1.29, 1.82) is 0 Å². The molecule has 0 radical (unpaired) electrons. The van der Waals surface area contributed by atoms with E-state index >= 15 is 0 Å². The molecule has 1 heterocycles. The molecular weight excluding hydrogens is 252 g/mol. The van der Waals surface area contributed by atoms with Gasteiger partial charge in [-0.3, -0.25) is 5.10 Å². The highest BCUT2D eigenvalue weighted by molar-refractivity contribution is 5.91. The highest BCUT2D eigenvalue weighted by Crippen LogP contribution is 2.25. The van der Waals surface area contributed by atoms with Gasteiger partial charge in [-0.1, -0.05) is 43.7 Å². The molecule has 0 saturated heterocycles. The number of carbonyl (C=O) groups is 1. The Labute approximate surface area is 119 Å². The van der Waals surface area contributed by atoms with E-state index in [9.17, 15) is 4.79 Å². The number of H-pyrrole nitrogens is 1. The van der Waals surface area contributed by atoms with Crippen LogP contribution in [0, 0.1) is 0 Å². The largest absolute Gasteiger partial charge is 0.461 e. The van der Waals surface area contributed by atoms with E-state index in [-0.39, 0.29) is 5.97 Å². The first-order valence-electron chi connectivity index (χ1n) is 7.07. The van der Waals surface area contributed by atoms with Crippen molar-refractivity contribution in [1.82, 2.24) is 10.2 Å². The molecule has 0 aliphatic carbocycles. The molecule has 0 unspecified atom stereocenters. The van der Waals surface area contributed by atoms with Crippen molar-refractivity contribution >= 4 is 5.97 Å². The van der Waals surface area contributed by atoms with Gasteiger partial charge in [-0.2, -0.15) is 5.10 Å². The lowest BCUT2D eigenvalue weighted by atomic mass is 10.0. The molecule has 0 saturated carbocycles. The summed E-state index contributed by atoms with van der Waals surface area (Å²) in [6.07, 6.45) is 2.92. The summed E-state index contributed by atoms with van der Waals surface area (Å²) in [5.74, 6) is -0.326. The first-order valence-corrected chi connectivity index (χ1v) is 7.07. The van der Waals surface area contributed by atoms with Crippen molar-refractivity contribution in [3.63, 3.8) is 0 Å². The minimum Gasteiger partial charge on any atom is -0.461 e. The quantitative estimate of drug-likeness (QED) is 0.817. The Morgan fingerprint density at radius 1 is 1.25 bits per heavy atom. The number of carbonyl (C=O) groups excluding carboxylic acids is 1. The van der Waals surface area contributed by atoms with Gasteiger partial charge in [0.2, 0.25) is 0 Å². The van der Waals surface area contributed by atoms with E-state index in [0.29, 0.717) is 12.3 Å². The molecule has 4 heteroatoms. The zero-order chi connectivity index (χ0) is 14.4. The van der Waals surface area contributed by atoms with Gasteiger partial charge in [0.1, 0.15) is 5.69 Å². The minimum atomic E-state index is -0.326. The first-order chi connectivity index (χ1) is 9.77. The number of nitrogens with one attached hydrogen (secondary N) is 1. The van der Waals surface area contributed by atoms with Gasteiger partial charge in [0.25, 0.3) is 0 Å². The molecule has 0 amide bonds. The molecule has 0 aliphatic rings. The van der Waals surface area contributed by atoms with E-state index in [1.54, 1.807) is 6.92 Å². The van der Waals surface area contributed by atoms with Crippen molar-refractivity contribution in [3.8, 4) is 11.3 Å². The third-order valence-corrected chi connectivity index (χ3v) is 3.17. The zero-order valence-electron chi connectivity index (χ0n) is 12.0. The first kappa shape index (κ1) is 14.3. The molecule has 0 fully saturated rings. The number of esters is 1. The van der Waals surface area contributed by atoms with E-state index in [1.807, 2.05) is 30.3 Å². The molecule has 2 rings (SSSR count). The van der Waals surface area contributed by atoms with Crippen molar-refractivity contribution < 1.29 is 9.53 Å². The predicted molar refractivity (Wildman–Crippen MR) is 78.6 cm³/mol. The molecule has 0 spiro atoms. The maximum atomic E-state index is 12.0. The molecule has 1 N–H and O–H groups in total.